The van der Waals surface area contributed by atoms with Crippen molar-refractivity contribution in [3.05, 3.63) is 53.2 Å². The van der Waals surface area contributed by atoms with Crippen LogP contribution in [0.15, 0.2) is 42.1 Å². The maximum Gasteiger partial charge on any atom is 0.219 e. The van der Waals surface area contributed by atoms with Crippen LogP contribution < -0.4 is 19.7 Å². The molecule has 4 rings (SSSR count). The highest BCUT2D eigenvalue weighted by Crippen LogP contribution is 2.29. The van der Waals surface area contributed by atoms with Gasteiger partial charge in [-0.05, 0) is 35.9 Å². The fourth-order valence-electron chi connectivity index (χ4n) is 3.88. The third-order valence-electron chi connectivity index (χ3n) is 5.55. The molecule has 0 aliphatic carbocycles. The number of hydrogen-bond donors (Lipinski definition) is 1. The lowest BCUT2D eigenvalue weighted by Gasteiger charge is -2.35. The topological polar surface area (TPSA) is 66.9 Å². The molecule has 7 nitrogen and oxygen atoms in total. The highest BCUT2D eigenvalue weighted by Gasteiger charge is 2.21. The molecule has 30 heavy (non-hydrogen) atoms. The van der Waals surface area contributed by atoms with E-state index in [2.05, 4.69) is 27.3 Å². The van der Waals surface area contributed by atoms with Crippen molar-refractivity contribution in [3.63, 3.8) is 0 Å². The number of methoxy groups -OCH3 is 1. The number of nitrogens with one attached hydrogen (secondary N) is 1. The number of pyridine rings is 1. The van der Waals surface area contributed by atoms with Gasteiger partial charge in [0.25, 0.3) is 0 Å². The Kier molecular flexibility index (Phi) is 6.18. The van der Waals surface area contributed by atoms with Crippen molar-refractivity contribution in [1.29, 1.82) is 0 Å². The van der Waals surface area contributed by atoms with Crippen LogP contribution >= 0.6 is 0 Å². The molecule has 2 aliphatic heterocycles. The molecule has 0 saturated carbocycles. The van der Waals surface area contributed by atoms with Crippen LogP contribution in [0.2, 0.25) is 0 Å². The van der Waals surface area contributed by atoms with E-state index in [1.54, 1.807) is 14.0 Å². The number of anilines is 1. The van der Waals surface area contributed by atoms with Crippen molar-refractivity contribution in [2.75, 3.05) is 51.3 Å². The second kappa shape index (κ2) is 9.17. The third kappa shape index (κ3) is 4.57. The van der Waals surface area contributed by atoms with E-state index < -0.39 is 0 Å². The average Bonchev–Trinajstić information content (AvgIpc) is 2.79. The van der Waals surface area contributed by atoms with E-state index in [0.717, 1.165) is 67.7 Å². The molecule has 1 aromatic heterocycles. The Hall–Kier alpha value is -3.06. The van der Waals surface area contributed by atoms with Gasteiger partial charge in [0.15, 0.2) is 0 Å². The number of piperazine rings is 1. The van der Waals surface area contributed by atoms with Gasteiger partial charge in [0.1, 0.15) is 23.9 Å². The zero-order valence-corrected chi connectivity index (χ0v) is 17.6. The third-order valence-corrected chi connectivity index (χ3v) is 5.55. The molecule has 0 spiro atoms. The molecule has 1 N–H and O–H groups in total. The molecule has 7 heteroatoms. The van der Waals surface area contributed by atoms with Crippen molar-refractivity contribution < 1.29 is 14.3 Å². The summed E-state index contributed by atoms with van der Waals surface area (Å²) in [5.74, 6) is 2.85. The molecule has 1 fully saturated rings. The average molecular weight is 409 g/mol. The minimum atomic E-state index is 0.139. The van der Waals surface area contributed by atoms with Crippen LogP contribution in [0.1, 0.15) is 18.1 Å². The van der Waals surface area contributed by atoms with Crippen molar-refractivity contribution in [2.45, 2.75) is 13.5 Å². The van der Waals surface area contributed by atoms with Crippen LogP contribution in [-0.2, 0) is 11.3 Å². The van der Waals surface area contributed by atoms with Crippen LogP contribution in [0.3, 0.4) is 0 Å². The van der Waals surface area contributed by atoms with Crippen molar-refractivity contribution >= 4 is 17.8 Å². The monoisotopic (exact) mass is 408 g/mol. The number of nitrogens with zero attached hydrogens (tertiary/aromatic N) is 3. The molecule has 0 bridgehead atoms. The van der Waals surface area contributed by atoms with Crippen molar-refractivity contribution in [1.82, 2.24) is 15.2 Å². The summed E-state index contributed by atoms with van der Waals surface area (Å²) in [6.07, 6.45) is 4.00. The minimum absolute atomic E-state index is 0.139. The van der Waals surface area contributed by atoms with Crippen molar-refractivity contribution in [2.24, 2.45) is 0 Å². The number of hydrogen-bond acceptors (Lipinski definition) is 6. The summed E-state index contributed by atoms with van der Waals surface area (Å²) in [6, 6.07) is 9.93. The summed E-state index contributed by atoms with van der Waals surface area (Å²) in [4.78, 5) is 20.3. The Balaban J connectivity index is 1.37. The molecule has 0 atom stereocenters. The van der Waals surface area contributed by atoms with E-state index >= 15 is 0 Å². The summed E-state index contributed by atoms with van der Waals surface area (Å²) < 4.78 is 11.2. The smallest absolute Gasteiger partial charge is 0.219 e. The van der Waals surface area contributed by atoms with Gasteiger partial charge >= 0.3 is 0 Å². The Morgan fingerprint density at radius 3 is 2.80 bits per heavy atom. The molecule has 1 saturated heterocycles. The zero-order valence-electron chi connectivity index (χ0n) is 17.6. The van der Waals surface area contributed by atoms with Gasteiger partial charge in [0.2, 0.25) is 5.91 Å². The Bertz CT molecular complexity index is 936. The first-order chi connectivity index (χ1) is 14.6. The number of aromatic nitrogens is 1. The number of fused-ring (bicyclic) bond motifs is 1. The van der Waals surface area contributed by atoms with Gasteiger partial charge in [-0.2, -0.15) is 0 Å². The first-order valence-corrected chi connectivity index (χ1v) is 10.3. The van der Waals surface area contributed by atoms with Gasteiger partial charge in [-0.25, -0.2) is 4.98 Å². The summed E-state index contributed by atoms with van der Waals surface area (Å²) in [5, 5.41) is 3.53. The van der Waals surface area contributed by atoms with Crippen LogP contribution in [0.4, 0.5) is 5.82 Å². The number of carbonyl (C=O) groups excluding carboxylic acids is 1. The van der Waals surface area contributed by atoms with Crippen LogP contribution in [0.25, 0.3) is 6.08 Å². The standard InChI is InChI=1S/C23H28N4O3/c1-17(28)26-8-10-27(11-9-26)23-19(4-3-7-25-23)15-24-14-18-12-20-13-21(29-2)5-6-22(20)30-16-18/h3-7,12-13,24H,8-11,14-16H2,1-2H3. The summed E-state index contributed by atoms with van der Waals surface area (Å²) in [5.41, 5.74) is 3.40. The van der Waals surface area contributed by atoms with Gasteiger partial charge in [-0.15, -0.1) is 0 Å². The molecule has 1 amide bonds. The number of carbonyl (C=O) groups is 1. The fourth-order valence-corrected chi connectivity index (χ4v) is 3.88. The maximum absolute atomic E-state index is 11.6. The van der Waals surface area contributed by atoms with Crippen molar-refractivity contribution in [3.8, 4) is 11.5 Å². The maximum atomic E-state index is 11.6. The number of rotatable bonds is 6. The summed E-state index contributed by atoms with van der Waals surface area (Å²) in [7, 11) is 1.67. The molecule has 2 aliphatic rings. The minimum Gasteiger partial charge on any atom is -0.497 e. The molecule has 3 heterocycles. The molecular weight excluding hydrogens is 380 g/mol. The largest absolute Gasteiger partial charge is 0.497 e. The highest BCUT2D eigenvalue weighted by molar-refractivity contribution is 5.73. The van der Waals surface area contributed by atoms with E-state index in [4.69, 9.17) is 9.47 Å². The fraction of sp³-hybridized carbons (Fsp3) is 0.391. The van der Waals surface area contributed by atoms with Crippen LogP contribution in [0, 0.1) is 0 Å². The normalized spacial score (nSPS) is 15.9. The van der Waals surface area contributed by atoms with Gasteiger partial charge in [0.05, 0.1) is 7.11 Å². The summed E-state index contributed by atoms with van der Waals surface area (Å²) in [6.45, 7) is 6.77. The zero-order chi connectivity index (χ0) is 20.9. The predicted molar refractivity (Wildman–Crippen MR) is 117 cm³/mol. The Morgan fingerprint density at radius 2 is 2.03 bits per heavy atom. The van der Waals surface area contributed by atoms with Crippen LogP contribution in [-0.4, -0.2) is 62.2 Å². The number of benzene rings is 1. The quantitative estimate of drug-likeness (QED) is 0.791. The SMILES string of the molecule is COc1ccc2c(c1)C=C(CNCc1cccnc1N1CCN(C(C)=O)CC1)CO2. The van der Waals surface area contributed by atoms with E-state index in [1.165, 1.54) is 5.57 Å². The van der Waals surface area contributed by atoms with Gasteiger partial charge < -0.3 is 24.6 Å². The van der Waals surface area contributed by atoms with E-state index in [1.807, 2.05) is 35.4 Å². The first kappa shape index (κ1) is 20.2. The lowest BCUT2D eigenvalue weighted by atomic mass is 10.1. The molecule has 158 valence electrons. The molecular formula is C23H28N4O3. The molecule has 1 aromatic carbocycles. The van der Waals surface area contributed by atoms with Crippen LogP contribution in [0.5, 0.6) is 11.5 Å². The predicted octanol–water partition coefficient (Wildman–Crippen LogP) is 2.32. The highest BCUT2D eigenvalue weighted by atomic mass is 16.5. The Morgan fingerprint density at radius 1 is 1.20 bits per heavy atom. The van der Waals surface area contributed by atoms with E-state index in [9.17, 15) is 4.79 Å². The van der Waals surface area contributed by atoms with Gasteiger partial charge in [-0.3, -0.25) is 4.79 Å². The number of amides is 1. The van der Waals surface area contributed by atoms with E-state index in [0.29, 0.717) is 6.61 Å². The van der Waals surface area contributed by atoms with E-state index in [-0.39, 0.29) is 5.91 Å². The van der Waals surface area contributed by atoms with Gasteiger partial charge in [0, 0.05) is 63.5 Å². The number of ether oxygens (including phenoxy) is 2. The Labute approximate surface area is 177 Å². The lowest BCUT2D eigenvalue weighted by Crippen LogP contribution is -2.48. The molecule has 0 unspecified atom stereocenters. The second-order valence-electron chi connectivity index (χ2n) is 7.58. The first-order valence-electron chi connectivity index (χ1n) is 10.3. The van der Waals surface area contributed by atoms with Gasteiger partial charge in [-0.1, -0.05) is 6.07 Å². The molecule has 0 radical (unpaired) electrons. The molecule has 2 aromatic rings. The second-order valence-corrected chi connectivity index (χ2v) is 7.58. The lowest BCUT2D eigenvalue weighted by molar-refractivity contribution is -0.129. The summed E-state index contributed by atoms with van der Waals surface area (Å²) >= 11 is 0.